The Morgan fingerprint density at radius 3 is 2.62 bits per heavy atom. The van der Waals surface area contributed by atoms with Crippen LogP contribution in [-0.4, -0.2) is 60.2 Å². The Morgan fingerprint density at radius 1 is 1.17 bits per heavy atom. The highest BCUT2D eigenvalue weighted by Gasteiger charge is 2.25. The number of nitrogens with zero attached hydrogens (tertiary/aromatic N) is 2. The van der Waals surface area contributed by atoms with Crippen LogP contribution >= 0.6 is 0 Å². The van der Waals surface area contributed by atoms with Crippen molar-refractivity contribution in [2.75, 3.05) is 26.3 Å². The summed E-state index contributed by atoms with van der Waals surface area (Å²) in [6.45, 7) is 4.88. The van der Waals surface area contributed by atoms with Crippen molar-refractivity contribution in [2.45, 2.75) is 77.0 Å². The summed E-state index contributed by atoms with van der Waals surface area (Å²) < 4.78 is 16.7. The van der Waals surface area contributed by atoms with E-state index >= 15 is 0 Å². The van der Waals surface area contributed by atoms with Crippen molar-refractivity contribution in [1.29, 1.82) is 0 Å². The molecule has 8 nitrogen and oxygen atoms in total. The molecular weight excluding hydrogens is 374 g/mol. The van der Waals surface area contributed by atoms with Gasteiger partial charge in [-0.2, -0.15) is 0 Å². The van der Waals surface area contributed by atoms with Gasteiger partial charge in [-0.25, -0.2) is 4.98 Å². The minimum atomic E-state index is -0.282. The molecule has 2 atom stereocenters. The Hall–Kier alpha value is -1.93. The van der Waals surface area contributed by atoms with E-state index in [0.717, 1.165) is 58.2 Å². The number of hydrogen-bond donors (Lipinski definition) is 1. The van der Waals surface area contributed by atoms with Crippen LogP contribution in [0.3, 0.4) is 0 Å². The summed E-state index contributed by atoms with van der Waals surface area (Å²) >= 11 is 0. The van der Waals surface area contributed by atoms with Crippen molar-refractivity contribution in [3.05, 3.63) is 17.8 Å². The Labute approximate surface area is 172 Å². The lowest BCUT2D eigenvalue weighted by Gasteiger charge is -2.24. The van der Waals surface area contributed by atoms with E-state index in [2.05, 4.69) is 17.2 Å². The van der Waals surface area contributed by atoms with Crippen molar-refractivity contribution in [2.24, 2.45) is 0 Å². The summed E-state index contributed by atoms with van der Waals surface area (Å²) in [4.78, 5) is 31.1. The molecule has 2 aliphatic heterocycles. The zero-order valence-corrected chi connectivity index (χ0v) is 17.4. The molecule has 1 aromatic rings. The Morgan fingerprint density at radius 2 is 1.93 bits per heavy atom. The van der Waals surface area contributed by atoms with Crippen LogP contribution in [-0.2, 0) is 20.8 Å². The maximum atomic E-state index is 12.7. The van der Waals surface area contributed by atoms with E-state index in [9.17, 15) is 9.59 Å². The highest BCUT2D eigenvalue weighted by Crippen LogP contribution is 2.17. The Balaban J connectivity index is 1.54. The number of carbonyl (C=O) groups excluding carboxylic acids is 2. The molecule has 2 saturated heterocycles. The van der Waals surface area contributed by atoms with E-state index in [1.807, 2.05) is 0 Å². The summed E-state index contributed by atoms with van der Waals surface area (Å²) in [6.07, 6.45) is 8.96. The second-order valence-electron chi connectivity index (χ2n) is 7.84. The maximum absolute atomic E-state index is 12.7. The molecule has 162 valence electrons. The average molecular weight is 408 g/mol. The van der Waals surface area contributed by atoms with E-state index in [-0.39, 0.29) is 36.3 Å². The normalized spacial score (nSPS) is 21.4. The number of aromatic nitrogens is 1. The second-order valence-corrected chi connectivity index (χ2v) is 7.84. The molecule has 3 heterocycles. The third kappa shape index (κ3) is 6.82. The SMILES string of the molecule is CCCCCC(=O)N(Cc1nc(C(=O)NC[C@H]2CCCO2)co1)C[C@@H]1CCCO1. The quantitative estimate of drug-likeness (QED) is 0.567. The van der Waals surface area contributed by atoms with E-state index in [1.54, 1.807) is 4.90 Å². The van der Waals surface area contributed by atoms with Gasteiger partial charge in [0, 0.05) is 32.7 Å². The monoisotopic (exact) mass is 407 g/mol. The third-order valence-electron chi connectivity index (χ3n) is 5.42. The van der Waals surface area contributed by atoms with Gasteiger partial charge in [0.2, 0.25) is 11.8 Å². The van der Waals surface area contributed by atoms with E-state index in [0.29, 0.717) is 25.4 Å². The van der Waals surface area contributed by atoms with Gasteiger partial charge in [0.15, 0.2) is 5.69 Å². The van der Waals surface area contributed by atoms with Gasteiger partial charge in [0.25, 0.3) is 5.91 Å². The van der Waals surface area contributed by atoms with Crippen molar-refractivity contribution < 1.29 is 23.5 Å². The van der Waals surface area contributed by atoms with Crippen molar-refractivity contribution >= 4 is 11.8 Å². The Kier molecular flexibility index (Phi) is 8.49. The summed E-state index contributed by atoms with van der Waals surface area (Å²) in [7, 11) is 0. The molecule has 8 heteroatoms. The number of nitrogens with one attached hydrogen (secondary N) is 1. The zero-order valence-electron chi connectivity index (χ0n) is 17.4. The predicted molar refractivity (Wildman–Crippen MR) is 106 cm³/mol. The number of rotatable bonds is 11. The molecule has 2 aliphatic rings. The van der Waals surface area contributed by atoms with Crippen LogP contribution in [0, 0.1) is 0 Å². The Bertz CT molecular complexity index is 650. The molecule has 0 aliphatic carbocycles. The van der Waals surface area contributed by atoms with Crippen LogP contribution in [0.15, 0.2) is 10.7 Å². The summed E-state index contributed by atoms with van der Waals surface area (Å²) in [6, 6.07) is 0. The number of oxazole rings is 1. The maximum Gasteiger partial charge on any atom is 0.273 e. The molecule has 1 N–H and O–H groups in total. The van der Waals surface area contributed by atoms with Gasteiger partial charge in [0.05, 0.1) is 18.8 Å². The van der Waals surface area contributed by atoms with Crippen LogP contribution in [0.25, 0.3) is 0 Å². The van der Waals surface area contributed by atoms with Crippen LogP contribution in [0.5, 0.6) is 0 Å². The second kappa shape index (κ2) is 11.3. The number of ether oxygens (including phenoxy) is 2. The number of unbranched alkanes of at least 4 members (excludes halogenated alkanes) is 2. The van der Waals surface area contributed by atoms with Crippen molar-refractivity contribution in [1.82, 2.24) is 15.2 Å². The molecule has 0 radical (unpaired) electrons. The third-order valence-corrected chi connectivity index (χ3v) is 5.42. The van der Waals surface area contributed by atoms with Crippen LogP contribution in [0.2, 0.25) is 0 Å². The fraction of sp³-hybridized carbons (Fsp3) is 0.762. The largest absolute Gasteiger partial charge is 0.446 e. The first kappa shape index (κ1) is 21.8. The summed E-state index contributed by atoms with van der Waals surface area (Å²) in [5.74, 6) is 0.168. The lowest BCUT2D eigenvalue weighted by Crippen LogP contribution is -2.37. The van der Waals surface area contributed by atoms with E-state index < -0.39 is 0 Å². The number of carbonyl (C=O) groups is 2. The molecule has 0 spiro atoms. The molecule has 0 bridgehead atoms. The van der Waals surface area contributed by atoms with Crippen molar-refractivity contribution in [3.63, 3.8) is 0 Å². The number of amides is 2. The van der Waals surface area contributed by atoms with Gasteiger partial charge in [-0.3, -0.25) is 9.59 Å². The highest BCUT2D eigenvalue weighted by atomic mass is 16.5. The zero-order chi connectivity index (χ0) is 20.5. The summed E-state index contributed by atoms with van der Waals surface area (Å²) in [5, 5.41) is 2.84. The lowest BCUT2D eigenvalue weighted by molar-refractivity contribution is -0.133. The first-order valence-corrected chi connectivity index (χ1v) is 10.9. The fourth-order valence-corrected chi connectivity index (χ4v) is 3.73. The number of hydrogen-bond acceptors (Lipinski definition) is 6. The predicted octanol–water partition coefficient (Wildman–Crippen LogP) is 2.67. The first-order chi connectivity index (χ1) is 14.2. The van der Waals surface area contributed by atoms with Crippen molar-refractivity contribution in [3.8, 4) is 0 Å². The minimum Gasteiger partial charge on any atom is -0.446 e. The smallest absolute Gasteiger partial charge is 0.273 e. The molecule has 0 saturated carbocycles. The molecule has 1 aromatic heterocycles. The topological polar surface area (TPSA) is 93.9 Å². The molecule has 2 amide bonds. The van der Waals surface area contributed by atoms with Gasteiger partial charge in [0.1, 0.15) is 6.26 Å². The lowest BCUT2D eigenvalue weighted by atomic mass is 10.1. The molecular formula is C21H33N3O5. The average Bonchev–Trinajstić information content (AvgIpc) is 3.48. The van der Waals surface area contributed by atoms with Crippen LogP contribution < -0.4 is 5.32 Å². The molecule has 0 unspecified atom stereocenters. The van der Waals surface area contributed by atoms with Gasteiger partial charge >= 0.3 is 0 Å². The fourth-order valence-electron chi connectivity index (χ4n) is 3.73. The summed E-state index contributed by atoms with van der Waals surface area (Å²) in [5.41, 5.74) is 0.230. The minimum absolute atomic E-state index is 0.0641. The van der Waals surface area contributed by atoms with Crippen LogP contribution in [0.4, 0.5) is 0 Å². The van der Waals surface area contributed by atoms with Gasteiger partial charge in [-0.1, -0.05) is 19.8 Å². The van der Waals surface area contributed by atoms with Gasteiger partial charge in [-0.15, -0.1) is 0 Å². The molecule has 2 fully saturated rings. The molecule has 29 heavy (non-hydrogen) atoms. The van der Waals surface area contributed by atoms with Gasteiger partial charge < -0.3 is 24.1 Å². The van der Waals surface area contributed by atoms with Gasteiger partial charge in [-0.05, 0) is 32.1 Å². The van der Waals surface area contributed by atoms with E-state index in [4.69, 9.17) is 13.9 Å². The first-order valence-electron chi connectivity index (χ1n) is 10.9. The molecule has 3 rings (SSSR count). The van der Waals surface area contributed by atoms with Crippen LogP contribution in [0.1, 0.15) is 74.7 Å². The highest BCUT2D eigenvalue weighted by molar-refractivity contribution is 5.91. The van der Waals surface area contributed by atoms with E-state index in [1.165, 1.54) is 6.26 Å². The molecule has 0 aromatic carbocycles. The standard InChI is InChI=1S/C21H33N3O5/c1-2-3-4-9-20(25)24(13-17-8-6-11-28-17)14-19-23-18(15-29-19)21(26)22-12-16-7-5-10-27-16/h15-17H,2-14H2,1H3,(H,22,26)/t16-,17+/m1/s1.